The zero-order chi connectivity index (χ0) is 13.2. The molecule has 0 aliphatic carbocycles. The predicted molar refractivity (Wildman–Crippen MR) is 78.7 cm³/mol. The Morgan fingerprint density at radius 2 is 2.37 bits per heavy atom. The lowest BCUT2D eigenvalue weighted by molar-refractivity contribution is 0.0215. The lowest BCUT2D eigenvalue weighted by Crippen LogP contribution is -2.34. The van der Waals surface area contributed by atoms with Crippen molar-refractivity contribution in [2.24, 2.45) is 0 Å². The molecule has 3 rings (SSSR count). The first-order chi connectivity index (χ1) is 9.24. The molecule has 5 nitrogen and oxygen atoms in total. The highest BCUT2D eigenvalue weighted by Gasteiger charge is 2.18. The van der Waals surface area contributed by atoms with E-state index in [2.05, 4.69) is 14.9 Å². The van der Waals surface area contributed by atoms with Gasteiger partial charge >= 0.3 is 0 Å². The number of anilines is 2. The number of hydrogen-bond donors (Lipinski definition) is 1. The number of rotatable bonds is 3. The van der Waals surface area contributed by atoms with Crippen LogP contribution in [-0.2, 0) is 4.74 Å². The van der Waals surface area contributed by atoms with Gasteiger partial charge in [-0.3, -0.25) is 0 Å². The molecule has 2 N–H and O–H groups in total. The Balaban J connectivity index is 1.83. The Labute approximate surface area is 116 Å². The van der Waals surface area contributed by atoms with Crippen LogP contribution in [0.4, 0.5) is 11.8 Å². The molecule has 1 atom stereocenters. The van der Waals surface area contributed by atoms with Crippen LogP contribution < -0.4 is 10.6 Å². The number of nitrogen functional groups attached to an aromatic ring is 1. The molecule has 0 aromatic carbocycles. The van der Waals surface area contributed by atoms with Gasteiger partial charge in [0.2, 0.25) is 5.95 Å². The molecule has 1 aliphatic rings. The average molecular weight is 278 g/mol. The number of fused-ring (bicyclic) bond motifs is 1. The normalized spacial score (nSPS) is 19.7. The molecule has 102 valence electrons. The molecule has 0 saturated carbocycles. The van der Waals surface area contributed by atoms with Crippen molar-refractivity contribution in [1.29, 1.82) is 0 Å². The lowest BCUT2D eigenvalue weighted by atomic mass is 10.1. The Morgan fingerprint density at radius 3 is 3.16 bits per heavy atom. The second-order valence-electron chi connectivity index (χ2n) is 4.91. The molecule has 1 unspecified atom stereocenters. The molecular weight excluding hydrogens is 260 g/mol. The fourth-order valence-electron chi connectivity index (χ4n) is 2.49. The minimum atomic E-state index is 0.295. The van der Waals surface area contributed by atoms with Gasteiger partial charge in [-0.05, 0) is 30.7 Å². The summed E-state index contributed by atoms with van der Waals surface area (Å²) in [5.74, 6) is 1.24. The third-order valence-corrected chi connectivity index (χ3v) is 4.24. The van der Waals surface area contributed by atoms with E-state index in [1.807, 2.05) is 18.5 Å². The van der Waals surface area contributed by atoms with E-state index in [4.69, 9.17) is 10.5 Å². The van der Waals surface area contributed by atoms with Crippen molar-refractivity contribution in [3.63, 3.8) is 0 Å². The summed E-state index contributed by atoms with van der Waals surface area (Å²) < 4.78 is 5.78. The third kappa shape index (κ3) is 2.64. The SMILES string of the molecule is CN(CC1CCCCO1)c1nc(N)nc2sccc12. The van der Waals surface area contributed by atoms with Crippen LogP contribution >= 0.6 is 11.3 Å². The number of likely N-dealkylation sites (N-methyl/N-ethyl adjacent to an activating group) is 1. The van der Waals surface area contributed by atoms with Crippen molar-refractivity contribution >= 4 is 33.3 Å². The van der Waals surface area contributed by atoms with Gasteiger partial charge in [-0.1, -0.05) is 0 Å². The van der Waals surface area contributed by atoms with Gasteiger partial charge in [0.05, 0.1) is 11.5 Å². The summed E-state index contributed by atoms with van der Waals surface area (Å²) in [6.07, 6.45) is 3.84. The monoisotopic (exact) mass is 278 g/mol. The number of hydrogen-bond acceptors (Lipinski definition) is 6. The fraction of sp³-hybridized carbons (Fsp3) is 0.538. The molecule has 1 aliphatic heterocycles. The second kappa shape index (κ2) is 5.30. The van der Waals surface area contributed by atoms with Crippen molar-refractivity contribution in [3.05, 3.63) is 11.4 Å². The minimum absolute atomic E-state index is 0.295. The van der Waals surface area contributed by atoms with Crippen molar-refractivity contribution in [2.45, 2.75) is 25.4 Å². The van der Waals surface area contributed by atoms with Crippen molar-refractivity contribution < 1.29 is 4.74 Å². The van der Waals surface area contributed by atoms with Gasteiger partial charge in [-0.25, -0.2) is 4.98 Å². The van der Waals surface area contributed by atoms with Gasteiger partial charge in [-0.2, -0.15) is 4.98 Å². The highest BCUT2D eigenvalue weighted by molar-refractivity contribution is 7.16. The molecule has 0 radical (unpaired) electrons. The highest BCUT2D eigenvalue weighted by atomic mass is 32.1. The summed E-state index contributed by atoms with van der Waals surface area (Å²) in [5.41, 5.74) is 5.78. The van der Waals surface area contributed by atoms with Crippen LogP contribution in [0.25, 0.3) is 10.2 Å². The summed E-state index contributed by atoms with van der Waals surface area (Å²) in [7, 11) is 2.04. The summed E-state index contributed by atoms with van der Waals surface area (Å²) in [6, 6.07) is 2.05. The van der Waals surface area contributed by atoms with Crippen LogP contribution in [0.1, 0.15) is 19.3 Å². The maximum atomic E-state index is 5.78. The Kier molecular flexibility index (Phi) is 3.52. The van der Waals surface area contributed by atoms with Crippen LogP contribution in [0.3, 0.4) is 0 Å². The number of thiophene rings is 1. The van der Waals surface area contributed by atoms with Gasteiger partial charge in [-0.15, -0.1) is 11.3 Å². The quantitative estimate of drug-likeness (QED) is 0.933. The molecule has 1 fully saturated rings. The van der Waals surface area contributed by atoms with E-state index in [1.165, 1.54) is 12.8 Å². The maximum absolute atomic E-state index is 5.78. The van der Waals surface area contributed by atoms with Crippen molar-refractivity contribution in [1.82, 2.24) is 9.97 Å². The highest BCUT2D eigenvalue weighted by Crippen LogP contribution is 2.28. The largest absolute Gasteiger partial charge is 0.376 e. The Bertz CT molecular complexity index is 565. The van der Waals surface area contributed by atoms with Gasteiger partial charge in [0, 0.05) is 20.2 Å². The third-order valence-electron chi connectivity index (χ3n) is 3.44. The predicted octanol–water partition coefficient (Wildman–Crippen LogP) is 2.28. The average Bonchev–Trinajstić information content (AvgIpc) is 2.86. The van der Waals surface area contributed by atoms with Crippen LogP contribution in [0.5, 0.6) is 0 Å². The van der Waals surface area contributed by atoms with E-state index in [9.17, 15) is 0 Å². The molecule has 2 aromatic rings. The van der Waals surface area contributed by atoms with Crippen LogP contribution in [0, 0.1) is 0 Å². The standard InChI is InChI=1S/C13H18N4OS/c1-17(8-9-4-2-3-6-18-9)11-10-5-7-19-12(10)16-13(14)15-11/h5,7,9H,2-4,6,8H2,1H3,(H2,14,15,16). The van der Waals surface area contributed by atoms with Gasteiger partial charge in [0.15, 0.2) is 0 Å². The summed E-state index contributed by atoms with van der Waals surface area (Å²) in [5, 5.41) is 3.09. The van der Waals surface area contributed by atoms with Gasteiger partial charge in [0.1, 0.15) is 10.6 Å². The van der Waals surface area contributed by atoms with E-state index in [0.717, 1.165) is 35.6 Å². The molecule has 2 aromatic heterocycles. The zero-order valence-electron chi connectivity index (χ0n) is 11.0. The van der Waals surface area contributed by atoms with E-state index in [-0.39, 0.29) is 0 Å². The van der Waals surface area contributed by atoms with E-state index in [0.29, 0.717) is 12.1 Å². The first kappa shape index (κ1) is 12.6. The molecular formula is C13H18N4OS. The summed E-state index contributed by atoms with van der Waals surface area (Å²) in [6.45, 7) is 1.72. The van der Waals surface area contributed by atoms with E-state index in [1.54, 1.807) is 11.3 Å². The summed E-state index contributed by atoms with van der Waals surface area (Å²) >= 11 is 1.59. The number of nitrogens with two attached hydrogens (primary N) is 1. The van der Waals surface area contributed by atoms with Crippen LogP contribution in [-0.4, -0.2) is 36.3 Å². The summed E-state index contributed by atoms with van der Waals surface area (Å²) in [4.78, 5) is 11.7. The molecule has 0 spiro atoms. The Morgan fingerprint density at radius 1 is 1.47 bits per heavy atom. The fourth-order valence-corrected chi connectivity index (χ4v) is 3.26. The van der Waals surface area contributed by atoms with Crippen molar-refractivity contribution in [3.8, 4) is 0 Å². The first-order valence-corrected chi connectivity index (χ1v) is 7.45. The van der Waals surface area contributed by atoms with Crippen LogP contribution in [0.2, 0.25) is 0 Å². The molecule has 6 heteroatoms. The molecule has 3 heterocycles. The molecule has 19 heavy (non-hydrogen) atoms. The molecule has 0 amide bonds. The van der Waals surface area contributed by atoms with Gasteiger partial charge in [0.25, 0.3) is 0 Å². The Hall–Kier alpha value is -1.40. The maximum Gasteiger partial charge on any atom is 0.223 e. The number of ether oxygens (including phenoxy) is 1. The smallest absolute Gasteiger partial charge is 0.223 e. The second-order valence-corrected chi connectivity index (χ2v) is 5.81. The van der Waals surface area contributed by atoms with Crippen LogP contribution in [0.15, 0.2) is 11.4 Å². The van der Waals surface area contributed by atoms with E-state index < -0.39 is 0 Å². The van der Waals surface area contributed by atoms with E-state index >= 15 is 0 Å². The van der Waals surface area contributed by atoms with Crippen molar-refractivity contribution in [2.75, 3.05) is 30.8 Å². The minimum Gasteiger partial charge on any atom is -0.376 e. The van der Waals surface area contributed by atoms with Gasteiger partial charge < -0.3 is 15.4 Å². The molecule has 0 bridgehead atoms. The topological polar surface area (TPSA) is 64.3 Å². The lowest BCUT2D eigenvalue weighted by Gasteiger charge is -2.28. The molecule has 1 saturated heterocycles. The zero-order valence-corrected chi connectivity index (χ0v) is 11.8. The number of nitrogens with zero attached hydrogens (tertiary/aromatic N) is 3. The first-order valence-electron chi connectivity index (χ1n) is 6.57. The number of aromatic nitrogens is 2.